The SMILES string of the molecule is CCNCc1ccc(CN2CCN(C(C)(C)C)CC2)cc1. The highest BCUT2D eigenvalue weighted by Gasteiger charge is 2.25. The zero-order valence-electron chi connectivity index (χ0n) is 14.2. The van der Waals surface area contributed by atoms with Crippen molar-refractivity contribution in [3.63, 3.8) is 0 Å². The average molecular weight is 289 g/mol. The molecule has 0 aliphatic carbocycles. The highest BCUT2D eigenvalue weighted by molar-refractivity contribution is 5.22. The van der Waals surface area contributed by atoms with E-state index in [1.165, 1.54) is 37.3 Å². The maximum atomic E-state index is 3.37. The summed E-state index contributed by atoms with van der Waals surface area (Å²) in [5.41, 5.74) is 3.11. The second kappa shape index (κ2) is 7.39. The van der Waals surface area contributed by atoms with Crippen molar-refractivity contribution in [1.29, 1.82) is 0 Å². The molecule has 0 aromatic heterocycles. The van der Waals surface area contributed by atoms with Crippen LogP contribution in [0.2, 0.25) is 0 Å². The van der Waals surface area contributed by atoms with Gasteiger partial charge in [0.25, 0.3) is 0 Å². The van der Waals surface area contributed by atoms with Crippen LogP contribution in [0.5, 0.6) is 0 Å². The van der Waals surface area contributed by atoms with Crippen LogP contribution in [0.4, 0.5) is 0 Å². The van der Waals surface area contributed by atoms with Crippen molar-refractivity contribution in [2.45, 2.75) is 46.3 Å². The summed E-state index contributed by atoms with van der Waals surface area (Å²) < 4.78 is 0. The molecule has 1 aliphatic heterocycles. The number of benzene rings is 1. The summed E-state index contributed by atoms with van der Waals surface area (Å²) in [6.07, 6.45) is 0. The van der Waals surface area contributed by atoms with Crippen LogP contribution in [0.15, 0.2) is 24.3 Å². The lowest BCUT2D eigenvalue weighted by Crippen LogP contribution is -2.53. The summed E-state index contributed by atoms with van der Waals surface area (Å²) >= 11 is 0. The van der Waals surface area contributed by atoms with Gasteiger partial charge in [-0.25, -0.2) is 0 Å². The molecule has 1 fully saturated rings. The van der Waals surface area contributed by atoms with Crippen LogP contribution in [-0.4, -0.2) is 48.1 Å². The third kappa shape index (κ3) is 5.10. The van der Waals surface area contributed by atoms with Crippen LogP contribution in [0.25, 0.3) is 0 Å². The molecule has 0 atom stereocenters. The molecule has 21 heavy (non-hydrogen) atoms. The van der Waals surface area contributed by atoms with Gasteiger partial charge in [-0.05, 0) is 38.4 Å². The molecule has 1 aromatic rings. The highest BCUT2D eigenvalue weighted by atomic mass is 15.3. The number of rotatable bonds is 5. The molecule has 0 unspecified atom stereocenters. The van der Waals surface area contributed by atoms with Gasteiger partial charge in [0.15, 0.2) is 0 Å². The number of hydrogen-bond donors (Lipinski definition) is 1. The Morgan fingerprint density at radius 1 is 0.952 bits per heavy atom. The quantitative estimate of drug-likeness (QED) is 0.899. The first-order valence-corrected chi connectivity index (χ1v) is 8.25. The Bertz CT molecular complexity index is 411. The Labute approximate surface area is 130 Å². The second-order valence-electron chi connectivity index (χ2n) is 7.03. The van der Waals surface area contributed by atoms with Crippen LogP contribution in [-0.2, 0) is 13.1 Å². The topological polar surface area (TPSA) is 18.5 Å². The van der Waals surface area contributed by atoms with Gasteiger partial charge in [0, 0.05) is 44.8 Å². The van der Waals surface area contributed by atoms with Crippen molar-refractivity contribution in [3.8, 4) is 0 Å². The van der Waals surface area contributed by atoms with Crippen LogP contribution in [0.3, 0.4) is 0 Å². The minimum Gasteiger partial charge on any atom is -0.313 e. The minimum atomic E-state index is 0.306. The monoisotopic (exact) mass is 289 g/mol. The van der Waals surface area contributed by atoms with Gasteiger partial charge in [-0.1, -0.05) is 31.2 Å². The molecule has 0 spiro atoms. The molecule has 0 amide bonds. The molecule has 3 nitrogen and oxygen atoms in total. The highest BCUT2D eigenvalue weighted by Crippen LogP contribution is 2.17. The van der Waals surface area contributed by atoms with Crippen LogP contribution < -0.4 is 5.32 Å². The lowest BCUT2D eigenvalue weighted by Gasteiger charge is -2.42. The fourth-order valence-electron chi connectivity index (χ4n) is 2.87. The summed E-state index contributed by atoms with van der Waals surface area (Å²) in [6, 6.07) is 9.07. The summed E-state index contributed by atoms with van der Waals surface area (Å²) in [7, 11) is 0. The summed E-state index contributed by atoms with van der Waals surface area (Å²) in [4.78, 5) is 5.16. The molecule has 118 valence electrons. The number of piperazine rings is 1. The maximum Gasteiger partial charge on any atom is 0.0234 e. The van der Waals surface area contributed by atoms with Crippen molar-refractivity contribution in [3.05, 3.63) is 35.4 Å². The van der Waals surface area contributed by atoms with Gasteiger partial charge in [0.1, 0.15) is 0 Å². The maximum absolute atomic E-state index is 3.37. The molecule has 2 rings (SSSR count). The van der Waals surface area contributed by atoms with Crippen molar-refractivity contribution in [2.75, 3.05) is 32.7 Å². The predicted octanol–water partition coefficient (Wildman–Crippen LogP) is 2.71. The number of nitrogens with one attached hydrogen (secondary N) is 1. The van der Waals surface area contributed by atoms with E-state index < -0.39 is 0 Å². The third-order valence-corrected chi connectivity index (χ3v) is 4.33. The lowest BCUT2D eigenvalue weighted by molar-refractivity contribution is 0.0591. The zero-order chi connectivity index (χ0) is 15.3. The van der Waals surface area contributed by atoms with E-state index in [-0.39, 0.29) is 0 Å². The predicted molar refractivity (Wildman–Crippen MR) is 90.4 cm³/mol. The van der Waals surface area contributed by atoms with Gasteiger partial charge in [-0.15, -0.1) is 0 Å². The van der Waals surface area contributed by atoms with Crippen molar-refractivity contribution in [1.82, 2.24) is 15.1 Å². The van der Waals surface area contributed by atoms with E-state index >= 15 is 0 Å². The molecule has 0 saturated carbocycles. The molecular weight excluding hydrogens is 258 g/mol. The Morgan fingerprint density at radius 3 is 2.05 bits per heavy atom. The van der Waals surface area contributed by atoms with Gasteiger partial charge >= 0.3 is 0 Å². The van der Waals surface area contributed by atoms with E-state index in [9.17, 15) is 0 Å². The van der Waals surface area contributed by atoms with Crippen LogP contribution in [0.1, 0.15) is 38.8 Å². The molecule has 1 N–H and O–H groups in total. The summed E-state index contributed by atoms with van der Waals surface area (Å²) in [5, 5.41) is 3.37. The molecule has 1 heterocycles. The molecule has 1 aromatic carbocycles. The lowest BCUT2D eigenvalue weighted by atomic mass is 10.0. The number of hydrogen-bond acceptors (Lipinski definition) is 3. The van der Waals surface area contributed by atoms with Crippen LogP contribution in [0, 0.1) is 0 Å². The van der Waals surface area contributed by atoms with Gasteiger partial charge in [-0.3, -0.25) is 9.80 Å². The Hall–Kier alpha value is -0.900. The Morgan fingerprint density at radius 2 is 1.52 bits per heavy atom. The van der Waals surface area contributed by atoms with E-state index in [2.05, 4.69) is 67.1 Å². The fraction of sp³-hybridized carbons (Fsp3) is 0.667. The van der Waals surface area contributed by atoms with E-state index in [1.807, 2.05) is 0 Å². The van der Waals surface area contributed by atoms with Crippen molar-refractivity contribution < 1.29 is 0 Å². The van der Waals surface area contributed by atoms with Gasteiger partial charge in [-0.2, -0.15) is 0 Å². The largest absolute Gasteiger partial charge is 0.313 e. The van der Waals surface area contributed by atoms with E-state index in [4.69, 9.17) is 0 Å². The van der Waals surface area contributed by atoms with Gasteiger partial charge < -0.3 is 5.32 Å². The summed E-state index contributed by atoms with van der Waals surface area (Å²) in [5.74, 6) is 0. The number of nitrogens with zero attached hydrogens (tertiary/aromatic N) is 2. The standard InChI is InChI=1S/C18H31N3/c1-5-19-14-16-6-8-17(9-7-16)15-20-10-12-21(13-11-20)18(2,3)4/h6-9,19H,5,10-15H2,1-4H3. The smallest absolute Gasteiger partial charge is 0.0234 e. The Kier molecular flexibility index (Phi) is 5.80. The molecule has 1 saturated heterocycles. The normalized spacial score (nSPS) is 18.1. The van der Waals surface area contributed by atoms with Crippen molar-refractivity contribution in [2.24, 2.45) is 0 Å². The van der Waals surface area contributed by atoms with E-state index in [1.54, 1.807) is 0 Å². The molecule has 0 bridgehead atoms. The fourth-order valence-corrected chi connectivity index (χ4v) is 2.87. The van der Waals surface area contributed by atoms with E-state index in [0.29, 0.717) is 5.54 Å². The summed E-state index contributed by atoms with van der Waals surface area (Å²) in [6.45, 7) is 16.9. The second-order valence-corrected chi connectivity index (χ2v) is 7.03. The molecular formula is C18H31N3. The molecule has 0 radical (unpaired) electrons. The molecule has 3 heteroatoms. The average Bonchev–Trinajstić information content (AvgIpc) is 2.46. The van der Waals surface area contributed by atoms with Crippen molar-refractivity contribution >= 4 is 0 Å². The first-order chi connectivity index (χ1) is 9.99. The first-order valence-electron chi connectivity index (χ1n) is 8.25. The van der Waals surface area contributed by atoms with Gasteiger partial charge in [0.05, 0.1) is 0 Å². The zero-order valence-corrected chi connectivity index (χ0v) is 14.2. The first kappa shape index (κ1) is 16.5. The minimum absolute atomic E-state index is 0.306. The Balaban J connectivity index is 1.80. The van der Waals surface area contributed by atoms with E-state index in [0.717, 1.165) is 19.6 Å². The third-order valence-electron chi connectivity index (χ3n) is 4.33. The van der Waals surface area contributed by atoms with Crippen LogP contribution >= 0.6 is 0 Å². The van der Waals surface area contributed by atoms with Gasteiger partial charge in [0.2, 0.25) is 0 Å². The molecule has 1 aliphatic rings.